The lowest BCUT2D eigenvalue weighted by Crippen LogP contribution is -2.45. The highest BCUT2D eigenvalue weighted by Crippen LogP contribution is 2.56. The number of hydrogen-bond donors (Lipinski definition) is 2. The molecule has 2 aliphatic carbocycles. The molecule has 5 atom stereocenters. The first-order valence-corrected chi connectivity index (χ1v) is 11.2. The Morgan fingerprint density at radius 3 is 3.10 bits per heavy atom. The summed E-state index contributed by atoms with van der Waals surface area (Å²) in [4.78, 5) is 16.0. The summed E-state index contributed by atoms with van der Waals surface area (Å²) in [6.45, 7) is 8.37. The molecule has 0 unspecified atom stereocenters. The van der Waals surface area contributed by atoms with Crippen LogP contribution in [0.2, 0.25) is 0 Å². The number of ether oxygens (including phenoxy) is 1. The van der Waals surface area contributed by atoms with E-state index in [4.69, 9.17) is 4.74 Å². The van der Waals surface area contributed by atoms with Gasteiger partial charge in [-0.05, 0) is 68.0 Å². The van der Waals surface area contributed by atoms with Crippen molar-refractivity contribution in [2.75, 3.05) is 13.1 Å². The summed E-state index contributed by atoms with van der Waals surface area (Å²) in [6, 6.07) is 8.41. The average Bonchev–Trinajstić information content (AvgIpc) is 3.24. The summed E-state index contributed by atoms with van der Waals surface area (Å²) in [5.74, 6) is 0.895. The van der Waals surface area contributed by atoms with Crippen molar-refractivity contribution in [3.05, 3.63) is 48.2 Å². The minimum absolute atomic E-state index is 0.00690. The third kappa shape index (κ3) is 3.31. The Bertz CT molecular complexity index is 932. The molecular weight excluding hydrogens is 360 g/mol. The molecule has 2 saturated carbocycles. The molecular formula is C25H32N2O2. The summed E-state index contributed by atoms with van der Waals surface area (Å²) < 4.78 is 5.87. The van der Waals surface area contributed by atoms with Crippen LogP contribution in [0.1, 0.15) is 44.6 Å². The summed E-state index contributed by atoms with van der Waals surface area (Å²) in [6.07, 6.45) is 8.87. The van der Waals surface area contributed by atoms with Gasteiger partial charge < -0.3 is 15.0 Å². The van der Waals surface area contributed by atoms with Gasteiger partial charge in [0.2, 0.25) is 0 Å². The van der Waals surface area contributed by atoms with Crippen LogP contribution >= 0.6 is 0 Å². The van der Waals surface area contributed by atoms with E-state index in [0.717, 1.165) is 38.8 Å². The van der Waals surface area contributed by atoms with E-state index in [9.17, 15) is 4.79 Å². The minimum Gasteiger partial charge on any atom is -0.462 e. The molecule has 0 radical (unpaired) electrons. The fraction of sp³-hybridized carbons (Fsp3) is 0.560. The summed E-state index contributed by atoms with van der Waals surface area (Å²) >= 11 is 0. The molecule has 2 heterocycles. The monoisotopic (exact) mass is 392 g/mol. The topological polar surface area (TPSA) is 54.1 Å². The maximum Gasteiger partial charge on any atom is 0.310 e. The highest BCUT2D eigenvalue weighted by molar-refractivity contribution is 5.83. The largest absolute Gasteiger partial charge is 0.462 e. The maximum absolute atomic E-state index is 12.6. The first-order valence-electron chi connectivity index (χ1n) is 11.2. The highest BCUT2D eigenvalue weighted by atomic mass is 16.6. The fourth-order valence-corrected chi connectivity index (χ4v) is 6.31. The molecule has 5 rings (SSSR count). The fourth-order valence-electron chi connectivity index (χ4n) is 6.31. The predicted octanol–water partition coefficient (Wildman–Crippen LogP) is 4.61. The van der Waals surface area contributed by atoms with E-state index in [0.29, 0.717) is 11.8 Å². The molecule has 1 aromatic carbocycles. The molecule has 0 spiro atoms. The molecule has 1 aromatic heterocycles. The van der Waals surface area contributed by atoms with Crippen molar-refractivity contribution in [1.29, 1.82) is 0 Å². The van der Waals surface area contributed by atoms with E-state index in [-0.39, 0.29) is 23.4 Å². The van der Waals surface area contributed by atoms with Crippen molar-refractivity contribution >= 4 is 16.9 Å². The zero-order valence-corrected chi connectivity index (χ0v) is 17.4. The van der Waals surface area contributed by atoms with E-state index >= 15 is 0 Å². The van der Waals surface area contributed by atoms with Crippen LogP contribution in [0.15, 0.2) is 42.6 Å². The van der Waals surface area contributed by atoms with Crippen molar-refractivity contribution in [1.82, 2.24) is 10.3 Å². The van der Waals surface area contributed by atoms with Gasteiger partial charge in [0.05, 0.1) is 5.92 Å². The molecule has 2 N–H and O–H groups in total. The Balaban J connectivity index is 1.20. The Morgan fingerprint density at radius 1 is 1.34 bits per heavy atom. The summed E-state index contributed by atoms with van der Waals surface area (Å²) in [5.41, 5.74) is 4.19. The predicted molar refractivity (Wildman–Crippen MR) is 116 cm³/mol. The number of para-hydroxylation sites is 1. The van der Waals surface area contributed by atoms with Gasteiger partial charge in [-0.3, -0.25) is 4.79 Å². The lowest BCUT2D eigenvalue weighted by atomic mass is 9.55. The van der Waals surface area contributed by atoms with Crippen LogP contribution in [0.5, 0.6) is 0 Å². The van der Waals surface area contributed by atoms with E-state index in [2.05, 4.69) is 54.3 Å². The van der Waals surface area contributed by atoms with Gasteiger partial charge in [0.1, 0.15) is 6.10 Å². The van der Waals surface area contributed by atoms with Crippen LogP contribution in [0.25, 0.3) is 10.9 Å². The van der Waals surface area contributed by atoms with Gasteiger partial charge in [0, 0.05) is 29.6 Å². The molecule has 1 saturated heterocycles. The first-order chi connectivity index (χ1) is 14.0. The second-order valence-corrected chi connectivity index (χ2v) is 9.72. The number of aromatic nitrogens is 1. The van der Waals surface area contributed by atoms with Gasteiger partial charge >= 0.3 is 5.97 Å². The van der Waals surface area contributed by atoms with Crippen LogP contribution in [0.3, 0.4) is 0 Å². The van der Waals surface area contributed by atoms with Crippen LogP contribution < -0.4 is 5.32 Å². The zero-order chi connectivity index (χ0) is 20.0. The first kappa shape index (κ1) is 18.9. The van der Waals surface area contributed by atoms with Crippen LogP contribution in [0.4, 0.5) is 0 Å². The number of fused-ring (bicyclic) bond motifs is 3. The number of hydrogen-bond acceptors (Lipinski definition) is 3. The molecule has 0 bridgehead atoms. The molecule has 2 aromatic rings. The van der Waals surface area contributed by atoms with Gasteiger partial charge in [0.15, 0.2) is 0 Å². The van der Waals surface area contributed by atoms with Gasteiger partial charge in [0.25, 0.3) is 0 Å². The SMILES string of the molecule is C=C1CCC[C@@]2(C)C[C@H]3OC(=O)[C@@H](CNCCc4c[nH]c5ccccc45)[C@@H]3C[C@H]12. The van der Waals surface area contributed by atoms with E-state index in [1.807, 2.05) is 0 Å². The Morgan fingerprint density at radius 2 is 2.21 bits per heavy atom. The number of carbonyl (C=O) groups excluding carboxylic acids is 1. The van der Waals surface area contributed by atoms with Crippen molar-refractivity contribution in [3.8, 4) is 0 Å². The number of esters is 1. The van der Waals surface area contributed by atoms with Crippen LogP contribution in [-0.4, -0.2) is 30.1 Å². The second kappa shape index (κ2) is 7.32. The third-order valence-corrected chi connectivity index (χ3v) is 7.93. The highest BCUT2D eigenvalue weighted by Gasteiger charge is 2.54. The van der Waals surface area contributed by atoms with Gasteiger partial charge in [-0.2, -0.15) is 0 Å². The minimum atomic E-state index is -0.0118. The number of allylic oxidation sites excluding steroid dienone is 1. The molecule has 154 valence electrons. The third-order valence-electron chi connectivity index (χ3n) is 7.93. The summed E-state index contributed by atoms with van der Waals surface area (Å²) in [5, 5.41) is 4.84. The molecule has 1 aliphatic heterocycles. The Kier molecular flexibility index (Phi) is 4.78. The van der Waals surface area contributed by atoms with Gasteiger partial charge in [-0.15, -0.1) is 0 Å². The number of rotatable bonds is 5. The molecule has 4 heteroatoms. The van der Waals surface area contributed by atoms with Crippen molar-refractivity contribution in [2.24, 2.45) is 23.2 Å². The van der Waals surface area contributed by atoms with Crippen molar-refractivity contribution < 1.29 is 9.53 Å². The summed E-state index contributed by atoms with van der Waals surface area (Å²) in [7, 11) is 0. The smallest absolute Gasteiger partial charge is 0.310 e. The standard InChI is InChI=1S/C25H32N2O2/c1-16-6-5-10-25(2)13-23-19(12-21(16)25)20(24(28)29-23)15-26-11-9-17-14-27-22-8-4-3-7-18(17)22/h3-4,7-8,14,19-21,23,26-27H,1,5-6,9-13,15H2,2H3/t19-,20-,21+,23+,25-/m0/s1. The lowest BCUT2D eigenvalue weighted by molar-refractivity contribution is -0.146. The van der Waals surface area contributed by atoms with Crippen LogP contribution in [-0.2, 0) is 16.0 Å². The molecule has 4 nitrogen and oxygen atoms in total. The van der Waals surface area contributed by atoms with E-state index < -0.39 is 0 Å². The maximum atomic E-state index is 12.6. The van der Waals surface area contributed by atoms with Crippen LogP contribution in [0, 0.1) is 23.2 Å². The van der Waals surface area contributed by atoms with E-state index in [1.54, 1.807) is 0 Å². The molecule has 3 fully saturated rings. The van der Waals surface area contributed by atoms with Crippen molar-refractivity contribution in [2.45, 2.75) is 51.6 Å². The molecule has 3 aliphatic rings. The van der Waals surface area contributed by atoms with Gasteiger partial charge in [-0.1, -0.05) is 37.3 Å². The number of aromatic amines is 1. The lowest BCUT2D eigenvalue weighted by Gasteiger charge is -2.50. The number of carbonyl (C=O) groups is 1. The quantitative estimate of drug-likeness (QED) is 0.444. The Labute approximate surface area is 173 Å². The Hall–Kier alpha value is -2.07. The molecule has 29 heavy (non-hydrogen) atoms. The number of H-pyrrole nitrogens is 1. The normalized spacial score (nSPS) is 34.1. The zero-order valence-electron chi connectivity index (χ0n) is 17.4. The van der Waals surface area contributed by atoms with Crippen molar-refractivity contribution in [3.63, 3.8) is 0 Å². The molecule has 0 amide bonds. The van der Waals surface area contributed by atoms with E-state index in [1.165, 1.54) is 34.9 Å². The van der Waals surface area contributed by atoms with Gasteiger partial charge in [-0.25, -0.2) is 0 Å². The second-order valence-electron chi connectivity index (χ2n) is 9.72. The number of nitrogens with one attached hydrogen (secondary N) is 2. The number of benzene rings is 1. The average molecular weight is 393 g/mol.